The Hall–Kier alpha value is -1.43. The van der Waals surface area contributed by atoms with E-state index in [1.54, 1.807) is 6.07 Å². The molecule has 0 atom stereocenters. The van der Waals surface area contributed by atoms with Crippen LogP contribution in [0.1, 0.15) is 10.6 Å². The summed E-state index contributed by atoms with van der Waals surface area (Å²) in [5.41, 5.74) is 0. The Morgan fingerprint density at radius 1 is 1.47 bits per heavy atom. The topological polar surface area (TPSA) is 66.3 Å². The van der Waals surface area contributed by atoms with Gasteiger partial charge in [-0.05, 0) is 13.1 Å². The fourth-order valence-electron chi connectivity index (χ4n) is 0.983. The molecule has 0 aliphatic heterocycles. The SMILES string of the molecule is CN(c1ccnc(C(=O)O)n1)[Si](C)(C)C. The Kier molecular flexibility index (Phi) is 3.08. The Balaban J connectivity index is 3.06. The van der Waals surface area contributed by atoms with Crippen LogP contribution < -0.4 is 4.57 Å². The molecule has 0 amide bonds. The Morgan fingerprint density at radius 3 is 2.53 bits per heavy atom. The summed E-state index contributed by atoms with van der Waals surface area (Å²) in [4.78, 5) is 18.4. The Morgan fingerprint density at radius 2 is 2.07 bits per heavy atom. The first kappa shape index (κ1) is 11.6. The zero-order valence-electron chi connectivity index (χ0n) is 9.35. The molecule has 1 aromatic heterocycles. The van der Waals surface area contributed by atoms with Crippen molar-refractivity contribution in [1.82, 2.24) is 9.97 Å². The molecule has 0 aliphatic carbocycles. The minimum atomic E-state index is -1.51. The number of hydrogen-bond acceptors (Lipinski definition) is 4. The number of rotatable bonds is 3. The third kappa shape index (κ3) is 2.76. The molecule has 0 unspecified atom stereocenters. The van der Waals surface area contributed by atoms with E-state index in [4.69, 9.17) is 5.11 Å². The van der Waals surface area contributed by atoms with E-state index in [2.05, 4.69) is 29.6 Å². The van der Waals surface area contributed by atoms with Crippen molar-refractivity contribution in [2.75, 3.05) is 11.6 Å². The Labute approximate surface area is 89.9 Å². The zero-order chi connectivity index (χ0) is 11.6. The molecule has 1 aromatic rings. The quantitative estimate of drug-likeness (QED) is 0.789. The molecule has 82 valence electrons. The monoisotopic (exact) mass is 225 g/mol. The van der Waals surface area contributed by atoms with E-state index in [1.807, 2.05) is 11.6 Å². The maximum Gasteiger partial charge on any atom is 0.374 e. The van der Waals surface area contributed by atoms with E-state index < -0.39 is 14.2 Å². The molecule has 0 aliphatic rings. The van der Waals surface area contributed by atoms with E-state index in [1.165, 1.54) is 6.20 Å². The van der Waals surface area contributed by atoms with Crippen LogP contribution in [-0.2, 0) is 0 Å². The van der Waals surface area contributed by atoms with Gasteiger partial charge in [0.2, 0.25) is 5.82 Å². The van der Waals surface area contributed by atoms with Crippen LogP contribution in [0, 0.1) is 0 Å². The molecule has 0 radical (unpaired) electrons. The highest BCUT2D eigenvalue weighted by Crippen LogP contribution is 2.16. The maximum atomic E-state index is 10.7. The van der Waals surface area contributed by atoms with E-state index >= 15 is 0 Å². The van der Waals surface area contributed by atoms with Gasteiger partial charge in [-0.1, -0.05) is 19.6 Å². The van der Waals surface area contributed by atoms with Gasteiger partial charge in [0.15, 0.2) is 0 Å². The second-order valence-corrected chi connectivity index (χ2v) is 9.29. The number of nitrogens with zero attached hydrogens (tertiary/aromatic N) is 3. The summed E-state index contributed by atoms with van der Waals surface area (Å²) in [7, 11) is 0.422. The molecule has 1 rings (SSSR count). The van der Waals surface area contributed by atoms with Crippen LogP contribution >= 0.6 is 0 Å². The average molecular weight is 225 g/mol. The summed E-state index contributed by atoms with van der Waals surface area (Å²) in [5.74, 6) is -0.583. The van der Waals surface area contributed by atoms with Gasteiger partial charge in [0.25, 0.3) is 0 Å². The van der Waals surface area contributed by atoms with Gasteiger partial charge < -0.3 is 9.67 Å². The maximum absolute atomic E-state index is 10.7. The van der Waals surface area contributed by atoms with E-state index in [-0.39, 0.29) is 5.82 Å². The van der Waals surface area contributed by atoms with Crippen LogP contribution in [0.2, 0.25) is 19.6 Å². The minimum absolute atomic E-state index is 0.155. The lowest BCUT2D eigenvalue weighted by Gasteiger charge is -2.31. The van der Waals surface area contributed by atoms with E-state index in [0.29, 0.717) is 5.82 Å². The number of aromatic nitrogens is 2. The van der Waals surface area contributed by atoms with Crippen LogP contribution in [-0.4, -0.2) is 36.3 Å². The molecule has 1 N–H and O–H groups in total. The molecule has 1 heterocycles. The molecule has 5 nitrogen and oxygen atoms in total. The summed E-state index contributed by atoms with van der Waals surface area (Å²) in [6.07, 6.45) is 1.47. The smallest absolute Gasteiger partial charge is 0.374 e. The van der Waals surface area contributed by atoms with Crippen LogP contribution in [0.5, 0.6) is 0 Å². The highest BCUT2D eigenvalue weighted by molar-refractivity contribution is 6.79. The van der Waals surface area contributed by atoms with Crippen LogP contribution in [0.3, 0.4) is 0 Å². The molecular weight excluding hydrogens is 210 g/mol. The van der Waals surface area contributed by atoms with Crippen molar-refractivity contribution >= 4 is 20.0 Å². The van der Waals surface area contributed by atoms with Crippen molar-refractivity contribution in [3.8, 4) is 0 Å². The standard InChI is InChI=1S/C9H15N3O2Si/c1-12(15(2,3)4)7-5-6-10-8(11-7)9(13)14/h5-6H,1-4H3,(H,13,14). The number of carboxylic acids is 1. The number of aromatic carboxylic acids is 1. The molecule has 0 bridgehead atoms. The summed E-state index contributed by atoms with van der Waals surface area (Å²) in [6.45, 7) is 6.49. The van der Waals surface area contributed by atoms with Crippen molar-refractivity contribution in [3.05, 3.63) is 18.1 Å². The molecule has 0 saturated carbocycles. The largest absolute Gasteiger partial charge is 0.475 e. The molecule has 0 fully saturated rings. The highest BCUT2D eigenvalue weighted by atomic mass is 28.3. The molecule has 15 heavy (non-hydrogen) atoms. The van der Waals surface area contributed by atoms with Gasteiger partial charge in [-0.2, -0.15) is 0 Å². The predicted octanol–water partition coefficient (Wildman–Crippen LogP) is 1.45. The summed E-state index contributed by atoms with van der Waals surface area (Å²) < 4.78 is 2.04. The zero-order valence-corrected chi connectivity index (χ0v) is 10.4. The van der Waals surface area contributed by atoms with Crippen molar-refractivity contribution in [2.45, 2.75) is 19.6 Å². The van der Waals surface area contributed by atoms with Gasteiger partial charge >= 0.3 is 5.97 Å². The van der Waals surface area contributed by atoms with Gasteiger partial charge in [-0.15, -0.1) is 0 Å². The van der Waals surface area contributed by atoms with Crippen molar-refractivity contribution in [1.29, 1.82) is 0 Å². The number of carbonyl (C=O) groups is 1. The second kappa shape index (κ2) is 3.97. The van der Waals surface area contributed by atoms with E-state index in [0.717, 1.165) is 0 Å². The molecule has 0 aromatic carbocycles. The lowest BCUT2D eigenvalue weighted by atomic mass is 10.5. The Bertz CT molecular complexity index is 376. The first-order chi connectivity index (χ1) is 6.82. The lowest BCUT2D eigenvalue weighted by Crippen LogP contribution is -2.43. The molecular formula is C9H15N3O2Si. The first-order valence-corrected chi connectivity index (χ1v) is 8.07. The van der Waals surface area contributed by atoms with Crippen LogP contribution in [0.15, 0.2) is 12.3 Å². The van der Waals surface area contributed by atoms with Gasteiger partial charge in [-0.25, -0.2) is 14.8 Å². The fraction of sp³-hybridized carbons (Fsp3) is 0.444. The van der Waals surface area contributed by atoms with Gasteiger partial charge in [0, 0.05) is 6.20 Å². The van der Waals surface area contributed by atoms with Crippen LogP contribution in [0.4, 0.5) is 5.82 Å². The third-order valence-electron chi connectivity index (χ3n) is 2.18. The third-order valence-corrected chi connectivity index (χ3v) is 4.42. The summed E-state index contributed by atoms with van der Waals surface area (Å²) in [6, 6.07) is 1.73. The van der Waals surface area contributed by atoms with Gasteiger partial charge in [0.05, 0.1) is 0 Å². The van der Waals surface area contributed by atoms with Crippen molar-refractivity contribution < 1.29 is 9.90 Å². The van der Waals surface area contributed by atoms with Gasteiger partial charge in [-0.3, -0.25) is 0 Å². The van der Waals surface area contributed by atoms with E-state index in [9.17, 15) is 4.79 Å². The van der Waals surface area contributed by atoms with Crippen molar-refractivity contribution in [3.63, 3.8) is 0 Å². The van der Waals surface area contributed by atoms with Gasteiger partial charge in [0.1, 0.15) is 14.1 Å². The molecule has 0 saturated heterocycles. The molecule has 6 heteroatoms. The number of hydrogen-bond donors (Lipinski definition) is 1. The normalized spacial score (nSPS) is 11.2. The summed E-state index contributed by atoms with van der Waals surface area (Å²) in [5, 5.41) is 8.76. The highest BCUT2D eigenvalue weighted by Gasteiger charge is 2.22. The first-order valence-electron chi connectivity index (χ1n) is 4.62. The second-order valence-electron chi connectivity index (χ2n) is 4.27. The van der Waals surface area contributed by atoms with Crippen molar-refractivity contribution in [2.24, 2.45) is 0 Å². The fourth-order valence-corrected chi connectivity index (χ4v) is 1.79. The lowest BCUT2D eigenvalue weighted by molar-refractivity contribution is 0.0683. The average Bonchev–Trinajstić information content (AvgIpc) is 2.15. The molecule has 0 spiro atoms. The summed E-state index contributed by atoms with van der Waals surface area (Å²) >= 11 is 0. The number of carboxylic acid groups (broad SMARTS) is 1. The predicted molar refractivity (Wildman–Crippen MR) is 60.7 cm³/mol. The van der Waals surface area contributed by atoms with Crippen LogP contribution in [0.25, 0.3) is 0 Å². The number of anilines is 1. The minimum Gasteiger partial charge on any atom is -0.475 e.